The number of nitrogens with zero attached hydrogens (tertiary/aromatic N) is 5. The van der Waals surface area contributed by atoms with E-state index in [2.05, 4.69) is 25.5 Å². The SMILES string of the molecule is Cc1cc(-c2nnc(C(O)CO)o2)cnc1C1=CCN(C(=O)Nc2ccc(C(F)(F)F)cn2)CC1. The third-order valence-electron chi connectivity index (χ3n) is 5.35. The first kappa shape index (κ1) is 24.3. The molecule has 1 unspecified atom stereocenters. The fourth-order valence-electron chi connectivity index (χ4n) is 3.48. The molecule has 4 heterocycles. The first-order valence-electron chi connectivity index (χ1n) is 10.5. The van der Waals surface area contributed by atoms with Gasteiger partial charge in [-0.15, -0.1) is 10.2 Å². The number of hydrogen-bond acceptors (Lipinski definition) is 8. The van der Waals surface area contributed by atoms with Crippen LogP contribution in [0.15, 0.2) is 41.1 Å². The quantitative estimate of drug-likeness (QED) is 0.496. The first-order valence-corrected chi connectivity index (χ1v) is 10.5. The molecule has 4 rings (SSSR count). The second kappa shape index (κ2) is 9.80. The standard InChI is InChI=1S/C22H21F3N6O4/c1-12-8-14(19-29-30-20(35-19)16(33)11-32)9-27-18(12)13-4-6-31(7-5-13)21(34)28-17-3-2-15(10-26-17)22(23,24)25/h2-4,8-10,16,32-33H,5-7,11H2,1H3,(H,26,28,34). The van der Waals surface area contributed by atoms with Gasteiger partial charge in [-0.05, 0) is 42.7 Å². The molecule has 1 atom stereocenters. The van der Waals surface area contributed by atoms with Gasteiger partial charge in [-0.3, -0.25) is 10.3 Å². The molecule has 35 heavy (non-hydrogen) atoms. The summed E-state index contributed by atoms with van der Waals surface area (Å²) in [5.41, 5.74) is 2.18. The van der Waals surface area contributed by atoms with E-state index in [9.17, 15) is 23.1 Å². The van der Waals surface area contributed by atoms with Crippen molar-refractivity contribution < 1.29 is 32.6 Å². The van der Waals surface area contributed by atoms with Gasteiger partial charge >= 0.3 is 12.2 Å². The second-order valence-electron chi connectivity index (χ2n) is 7.82. The molecule has 13 heteroatoms. The van der Waals surface area contributed by atoms with Crippen molar-refractivity contribution in [3.05, 3.63) is 59.4 Å². The van der Waals surface area contributed by atoms with Crippen LogP contribution in [0.2, 0.25) is 0 Å². The molecule has 1 aliphatic heterocycles. The maximum Gasteiger partial charge on any atom is 0.417 e. The van der Waals surface area contributed by atoms with E-state index in [4.69, 9.17) is 9.52 Å². The zero-order chi connectivity index (χ0) is 25.2. The van der Waals surface area contributed by atoms with Crippen LogP contribution >= 0.6 is 0 Å². The average molecular weight is 490 g/mol. The Hall–Kier alpha value is -3.84. The van der Waals surface area contributed by atoms with E-state index in [-0.39, 0.29) is 24.1 Å². The summed E-state index contributed by atoms with van der Waals surface area (Å²) in [4.78, 5) is 22.1. The van der Waals surface area contributed by atoms with Gasteiger partial charge in [0.05, 0.1) is 23.4 Å². The summed E-state index contributed by atoms with van der Waals surface area (Å²) in [5.74, 6) is 0.0950. The van der Waals surface area contributed by atoms with Gasteiger partial charge in [-0.2, -0.15) is 13.2 Å². The zero-order valence-corrected chi connectivity index (χ0v) is 18.5. The minimum Gasteiger partial charge on any atom is -0.418 e. The maximum atomic E-state index is 12.7. The highest BCUT2D eigenvalue weighted by atomic mass is 19.4. The molecule has 0 spiro atoms. The van der Waals surface area contributed by atoms with Crippen LogP contribution in [-0.2, 0) is 6.18 Å². The van der Waals surface area contributed by atoms with Crippen molar-refractivity contribution in [3.63, 3.8) is 0 Å². The summed E-state index contributed by atoms with van der Waals surface area (Å²) in [6.45, 7) is 1.99. The van der Waals surface area contributed by atoms with Gasteiger partial charge in [0, 0.05) is 25.5 Å². The number of rotatable bonds is 5. The molecule has 0 saturated carbocycles. The topological polar surface area (TPSA) is 138 Å². The van der Waals surface area contributed by atoms with Crippen molar-refractivity contribution in [1.82, 2.24) is 25.1 Å². The lowest BCUT2D eigenvalue weighted by Crippen LogP contribution is -2.38. The molecule has 3 N–H and O–H groups in total. The van der Waals surface area contributed by atoms with Crippen LogP contribution in [0.3, 0.4) is 0 Å². The Bertz CT molecular complexity index is 1240. The van der Waals surface area contributed by atoms with E-state index in [1.165, 1.54) is 4.90 Å². The molecule has 10 nitrogen and oxygen atoms in total. The van der Waals surface area contributed by atoms with Crippen LogP contribution in [0.4, 0.5) is 23.8 Å². The summed E-state index contributed by atoms with van der Waals surface area (Å²) >= 11 is 0. The number of carbonyl (C=O) groups is 1. The summed E-state index contributed by atoms with van der Waals surface area (Å²) in [5, 5.41) is 28.7. The van der Waals surface area contributed by atoms with Gasteiger partial charge in [-0.25, -0.2) is 9.78 Å². The summed E-state index contributed by atoms with van der Waals surface area (Å²) in [6.07, 6.45) is -1.14. The number of anilines is 1. The maximum absolute atomic E-state index is 12.7. The van der Waals surface area contributed by atoms with Crippen LogP contribution in [0.1, 0.15) is 35.2 Å². The fourth-order valence-corrected chi connectivity index (χ4v) is 3.48. The summed E-state index contributed by atoms with van der Waals surface area (Å²) in [6, 6.07) is 3.31. The van der Waals surface area contributed by atoms with Crippen LogP contribution in [0.5, 0.6) is 0 Å². The van der Waals surface area contributed by atoms with E-state index in [1.54, 1.807) is 12.3 Å². The average Bonchev–Trinajstić information content (AvgIpc) is 3.34. The first-order chi connectivity index (χ1) is 16.7. The van der Waals surface area contributed by atoms with E-state index < -0.39 is 30.5 Å². The van der Waals surface area contributed by atoms with E-state index >= 15 is 0 Å². The lowest BCUT2D eigenvalue weighted by Gasteiger charge is -2.26. The fraction of sp³-hybridized carbons (Fsp3) is 0.318. The summed E-state index contributed by atoms with van der Waals surface area (Å²) < 4.78 is 43.3. The van der Waals surface area contributed by atoms with Crippen molar-refractivity contribution in [2.75, 3.05) is 25.0 Å². The van der Waals surface area contributed by atoms with Gasteiger partial charge in [-0.1, -0.05) is 6.08 Å². The normalized spacial score (nSPS) is 15.0. The van der Waals surface area contributed by atoms with Crippen LogP contribution in [0, 0.1) is 6.92 Å². The number of amides is 2. The monoisotopic (exact) mass is 490 g/mol. The highest BCUT2D eigenvalue weighted by molar-refractivity contribution is 5.89. The van der Waals surface area contributed by atoms with Crippen LogP contribution < -0.4 is 5.32 Å². The Morgan fingerprint density at radius 2 is 2.06 bits per heavy atom. The Kier molecular flexibility index (Phi) is 6.80. The molecule has 0 bridgehead atoms. The van der Waals surface area contributed by atoms with Gasteiger partial charge in [0.25, 0.3) is 0 Å². The van der Waals surface area contributed by atoms with Crippen LogP contribution in [-0.4, -0.2) is 61.0 Å². The third kappa shape index (κ3) is 5.46. The molecule has 0 aliphatic carbocycles. The molecule has 0 radical (unpaired) electrons. The van der Waals surface area contributed by atoms with Crippen LogP contribution in [0.25, 0.3) is 17.0 Å². The molecule has 2 amide bonds. The molecular formula is C22H21F3N6O4. The number of alkyl halides is 3. The third-order valence-corrected chi connectivity index (χ3v) is 5.35. The van der Waals surface area contributed by atoms with Crippen molar-refractivity contribution in [1.29, 1.82) is 0 Å². The minimum absolute atomic E-state index is 0.0292. The Morgan fingerprint density at radius 1 is 1.26 bits per heavy atom. The molecule has 184 valence electrons. The number of carbonyl (C=O) groups excluding carboxylic acids is 1. The second-order valence-corrected chi connectivity index (χ2v) is 7.82. The molecule has 0 aromatic carbocycles. The lowest BCUT2D eigenvalue weighted by molar-refractivity contribution is -0.137. The number of halogens is 3. The number of hydrogen-bond donors (Lipinski definition) is 3. The molecule has 3 aromatic rings. The smallest absolute Gasteiger partial charge is 0.417 e. The number of aliphatic hydroxyl groups excluding tert-OH is 2. The molecule has 0 saturated heterocycles. The van der Waals surface area contributed by atoms with E-state index in [1.807, 2.05) is 13.0 Å². The predicted molar refractivity (Wildman–Crippen MR) is 117 cm³/mol. The Balaban J connectivity index is 1.40. The number of urea groups is 1. The van der Waals surface area contributed by atoms with Crippen molar-refractivity contribution in [3.8, 4) is 11.5 Å². The predicted octanol–water partition coefficient (Wildman–Crippen LogP) is 3.20. The molecule has 0 fully saturated rings. The number of pyridine rings is 2. The van der Waals surface area contributed by atoms with E-state index in [0.29, 0.717) is 24.7 Å². The Morgan fingerprint density at radius 3 is 2.66 bits per heavy atom. The van der Waals surface area contributed by atoms with Gasteiger partial charge in [0.2, 0.25) is 11.8 Å². The number of aromatic nitrogens is 4. The van der Waals surface area contributed by atoms with Crippen molar-refractivity contribution >= 4 is 17.4 Å². The van der Waals surface area contributed by atoms with Gasteiger partial charge < -0.3 is 19.5 Å². The lowest BCUT2D eigenvalue weighted by atomic mass is 10.00. The molecule has 3 aromatic heterocycles. The Labute approximate surface area is 197 Å². The van der Waals surface area contributed by atoms with Crippen molar-refractivity contribution in [2.45, 2.75) is 25.6 Å². The largest absolute Gasteiger partial charge is 0.418 e. The van der Waals surface area contributed by atoms with Gasteiger partial charge in [0.1, 0.15) is 5.82 Å². The molecule has 1 aliphatic rings. The minimum atomic E-state index is -4.50. The number of nitrogens with one attached hydrogen (secondary N) is 1. The highest BCUT2D eigenvalue weighted by Gasteiger charge is 2.31. The molecular weight excluding hydrogens is 469 g/mol. The summed E-state index contributed by atoms with van der Waals surface area (Å²) in [7, 11) is 0. The van der Waals surface area contributed by atoms with Gasteiger partial charge in [0.15, 0.2) is 6.10 Å². The van der Waals surface area contributed by atoms with Crippen molar-refractivity contribution in [2.24, 2.45) is 0 Å². The number of aliphatic hydroxyl groups is 2. The highest BCUT2D eigenvalue weighted by Crippen LogP contribution is 2.30. The zero-order valence-electron chi connectivity index (χ0n) is 18.5. The number of aryl methyl sites for hydroxylation is 1. The van der Waals surface area contributed by atoms with E-state index in [0.717, 1.165) is 29.0 Å².